The number of hydrogen-bond donors (Lipinski definition) is 1. The van der Waals surface area contributed by atoms with Crippen LogP contribution in [0.4, 0.5) is 4.39 Å². The van der Waals surface area contributed by atoms with Crippen LogP contribution >= 0.6 is 15.9 Å². The molecule has 0 aliphatic carbocycles. The van der Waals surface area contributed by atoms with E-state index in [1.807, 2.05) is 6.07 Å². The molecule has 1 unspecified atom stereocenters. The van der Waals surface area contributed by atoms with E-state index in [1.165, 1.54) is 6.07 Å². The molecule has 0 spiro atoms. The standard InChI is InChI=1S/C15H22BrFN2/c1-4-13-8-18-15(2,3)10-19(13)9-11-5-6-12(17)7-14(11)16/h5-7,13,18H,4,8-10H2,1-3H3. The Morgan fingerprint density at radius 2 is 2.21 bits per heavy atom. The van der Waals surface area contributed by atoms with Crippen molar-refractivity contribution in [2.75, 3.05) is 13.1 Å². The van der Waals surface area contributed by atoms with Gasteiger partial charge in [0.25, 0.3) is 0 Å². The largest absolute Gasteiger partial charge is 0.309 e. The summed E-state index contributed by atoms with van der Waals surface area (Å²) in [5.41, 5.74) is 1.29. The van der Waals surface area contributed by atoms with Crippen molar-refractivity contribution in [2.24, 2.45) is 0 Å². The number of nitrogens with one attached hydrogen (secondary N) is 1. The minimum absolute atomic E-state index is 0.137. The maximum absolute atomic E-state index is 13.1. The van der Waals surface area contributed by atoms with Crippen molar-refractivity contribution in [3.63, 3.8) is 0 Å². The van der Waals surface area contributed by atoms with Gasteiger partial charge in [-0.1, -0.05) is 28.9 Å². The van der Waals surface area contributed by atoms with Gasteiger partial charge in [0, 0.05) is 35.7 Å². The molecule has 1 heterocycles. The Hall–Kier alpha value is -0.450. The average molecular weight is 329 g/mol. The first-order valence-corrected chi connectivity index (χ1v) is 7.63. The molecule has 0 saturated carbocycles. The Kier molecular flexibility index (Phi) is 4.64. The number of hydrogen-bond acceptors (Lipinski definition) is 2. The van der Waals surface area contributed by atoms with Crippen LogP contribution in [0.1, 0.15) is 32.8 Å². The third kappa shape index (κ3) is 3.77. The SMILES string of the molecule is CCC1CNC(C)(C)CN1Cc1ccc(F)cc1Br. The topological polar surface area (TPSA) is 15.3 Å². The van der Waals surface area contributed by atoms with E-state index in [0.717, 1.165) is 36.1 Å². The van der Waals surface area contributed by atoms with Crippen LogP contribution in [0.2, 0.25) is 0 Å². The van der Waals surface area contributed by atoms with Crippen molar-refractivity contribution in [1.82, 2.24) is 10.2 Å². The van der Waals surface area contributed by atoms with E-state index in [1.54, 1.807) is 6.07 Å². The first kappa shape index (κ1) is 14.9. The van der Waals surface area contributed by atoms with Gasteiger partial charge >= 0.3 is 0 Å². The van der Waals surface area contributed by atoms with Crippen molar-refractivity contribution in [3.05, 3.63) is 34.1 Å². The van der Waals surface area contributed by atoms with Crippen LogP contribution in [-0.2, 0) is 6.54 Å². The highest BCUT2D eigenvalue weighted by Gasteiger charge is 2.31. The molecule has 0 aromatic heterocycles. The van der Waals surface area contributed by atoms with Crippen LogP contribution in [0.15, 0.2) is 22.7 Å². The van der Waals surface area contributed by atoms with Crippen LogP contribution in [-0.4, -0.2) is 29.6 Å². The summed E-state index contributed by atoms with van der Waals surface area (Å²) >= 11 is 3.46. The van der Waals surface area contributed by atoms with E-state index in [0.29, 0.717) is 6.04 Å². The number of rotatable bonds is 3. The van der Waals surface area contributed by atoms with Gasteiger partial charge in [0.15, 0.2) is 0 Å². The summed E-state index contributed by atoms with van der Waals surface area (Å²) in [6, 6.07) is 5.50. The summed E-state index contributed by atoms with van der Waals surface area (Å²) in [5, 5.41) is 3.59. The lowest BCUT2D eigenvalue weighted by molar-refractivity contribution is 0.0856. The van der Waals surface area contributed by atoms with Crippen molar-refractivity contribution in [3.8, 4) is 0 Å². The van der Waals surface area contributed by atoms with E-state index in [4.69, 9.17) is 0 Å². The Morgan fingerprint density at radius 1 is 1.47 bits per heavy atom. The monoisotopic (exact) mass is 328 g/mol. The predicted molar refractivity (Wildman–Crippen MR) is 80.7 cm³/mol. The molecule has 1 saturated heterocycles. The molecule has 1 aromatic carbocycles. The van der Waals surface area contributed by atoms with Gasteiger partial charge in [0.2, 0.25) is 0 Å². The Bertz CT molecular complexity index is 448. The van der Waals surface area contributed by atoms with Gasteiger partial charge < -0.3 is 5.32 Å². The highest BCUT2D eigenvalue weighted by molar-refractivity contribution is 9.10. The third-order valence-electron chi connectivity index (χ3n) is 3.79. The highest BCUT2D eigenvalue weighted by Crippen LogP contribution is 2.24. The molecule has 2 rings (SSSR count). The van der Waals surface area contributed by atoms with Crippen LogP contribution < -0.4 is 5.32 Å². The van der Waals surface area contributed by atoms with E-state index < -0.39 is 0 Å². The van der Waals surface area contributed by atoms with Gasteiger partial charge in [-0.3, -0.25) is 4.90 Å². The molecule has 1 N–H and O–H groups in total. The van der Waals surface area contributed by atoms with Crippen LogP contribution in [0.3, 0.4) is 0 Å². The van der Waals surface area contributed by atoms with Gasteiger partial charge in [-0.15, -0.1) is 0 Å². The summed E-state index contributed by atoms with van der Waals surface area (Å²) in [6.07, 6.45) is 1.13. The van der Waals surface area contributed by atoms with E-state index in [-0.39, 0.29) is 11.4 Å². The molecular formula is C15H22BrFN2. The minimum atomic E-state index is -0.191. The lowest BCUT2D eigenvalue weighted by Gasteiger charge is -2.44. The average Bonchev–Trinajstić information content (AvgIpc) is 2.32. The van der Waals surface area contributed by atoms with E-state index in [2.05, 4.69) is 46.9 Å². The lowest BCUT2D eigenvalue weighted by atomic mass is 9.97. The second-order valence-corrected chi connectivity index (χ2v) is 6.82. The number of nitrogens with zero attached hydrogens (tertiary/aromatic N) is 1. The summed E-state index contributed by atoms with van der Waals surface area (Å²) in [6.45, 7) is 9.57. The molecule has 1 aliphatic rings. The maximum atomic E-state index is 13.1. The smallest absolute Gasteiger partial charge is 0.124 e. The van der Waals surface area contributed by atoms with Gasteiger partial charge in [-0.05, 0) is 38.0 Å². The fourth-order valence-electron chi connectivity index (χ4n) is 2.67. The molecule has 0 amide bonds. The normalized spacial score (nSPS) is 23.5. The third-order valence-corrected chi connectivity index (χ3v) is 4.53. The summed E-state index contributed by atoms with van der Waals surface area (Å²) in [7, 11) is 0. The Morgan fingerprint density at radius 3 is 2.84 bits per heavy atom. The van der Waals surface area contributed by atoms with Crippen molar-refractivity contribution in [1.29, 1.82) is 0 Å². The molecule has 19 heavy (non-hydrogen) atoms. The summed E-state index contributed by atoms with van der Waals surface area (Å²) in [4.78, 5) is 2.49. The van der Waals surface area contributed by atoms with Gasteiger partial charge in [-0.2, -0.15) is 0 Å². The Balaban J connectivity index is 2.14. The molecule has 1 fully saturated rings. The first-order valence-electron chi connectivity index (χ1n) is 6.84. The van der Waals surface area contributed by atoms with E-state index >= 15 is 0 Å². The number of halogens is 2. The van der Waals surface area contributed by atoms with Crippen LogP contribution in [0.5, 0.6) is 0 Å². The molecule has 0 bridgehead atoms. The lowest BCUT2D eigenvalue weighted by Crippen LogP contribution is -2.61. The highest BCUT2D eigenvalue weighted by atomic mass is 79.9. The van der Waals surface area contributed by atoms with Gasteiger partial charge in [0.05, 0.1) is 0 Å². The zero-order valence-electron chi connectivity index (χ0n) is 11.8. The molecule has 1 aromatic rings. The molecule has 2 nitrogen and oxygen atoms in total. The van der Waals surface area contributed by atoms with Crippen LogP contribution in [0, 0.1) is 5.82 Å². The molecule has 106 valence electrons. The van der Waals surface area contributed by atoms with E-state index in [9.17, 15) is 4.39 Å². The maximum Gasteiger partial charge on any atom is 0.124 e. The Labute approximate surface area is 123 Å². The van der Waals surface area contributed by atoms with Crippen molar-refractivity contribution in [2.45, 2.75) is 45.3 Å². The van der Waals surface area contributed by atoms with Crippen molar-refractivity contribution >= 4 is 15.9 Å². The van der Waals surface area contributed by atoms with Gasteiger partial charge in [0.1, 0.15) is 5.82 Å². The minimum Gasteiger partial charge on any atom is -0.309 e. The van der Waals surface area contributed by atoms with Gasteiger partial charge in [-0.25, -0.2) is 4.39 Å². The molecule has 0 radical (unpaired) electrons. The second-order valence-electron chi connectivity index (χ2n) is 5.97. The fourth-order valence-corrected chi connectivity index (χ4v) is 3.15. The van der Waals surface area contributed by atoms with Crippen molar-refractivity contribution < 1.29 is 4.39 Å². The summed E-state index contributed by atoms with van der Waals surface area (Å²) < 4.78 is 14.0. The molecule has 4 heteroatoms. The second kappa shape index (κ2) is 5.90. The number of benzene rings is 1. The molecular weight excluding hydrogens is 307 g/mol. The number of piperazine rings is 1. The molecule has 1 atom stereocenters. The molecule has 1 aliphatic heterocycles. The first-order chi connectivity index (χ1) is 8.91. The van der Waals surface area contributed by atoms with Crippen LogP contribution in [0.25, 0.3) is 0 Å². The fraction of sp³-hybridized carbons (Fsp3) is 0.600. The zero-order chi connectivity index (χ0) is 14.0. The quantitative estimate of drug-likeness (QED) is 0.912. The zero-order valence-corrected chi connectivity index (χ0v) is 13.4. The predicted octanol–water partition coefficient (Wildman–Crippen LogP) is 3.55. The summed E-state index contributed by atoms with van der Waals surface area (Å²) in [5.74, 6) is -0.191.